The molecule has 6 nitrogen and oxygen atoms in total. The molecule has 28 heavy (non-hydrogen) atoms. The zero-order valence-corrected chi connectivity index (χ0v) is 15.3. The van der Waals surface area contributed by atoms with Crippen molar-refractivity contribution in [3.8, 4) is 0 Å². The Morgan fingerprint density at radius 2 is 1.82 bits per heavy atom. The van der Waals surface area contributed by atoms with Gasteiger partial charge in [-0.2, -0.15) is 4.39 Å². The summed E-state index contributed by atoms with van der Waals surface area (Å²) in [5.74, 6) is -0.927. The molecule has 0 saturated carbocycles. The van der Waals surface area contributed by atoms with E-state index in [1.54, 1.807) is 4.90 Å². The summed E-state index contributed by atoms with van der Waals surface area (Å²) in [6.45, 7) is 0.963. The molecule has 0 N–H and O–H groups in total. The molecule has 1 amide bonds. The summed E-state index contributed by atoms with van der Waals surface area (Å²) in [5, 5.41) is 0. The number of pyridine rings is 1. The highest BCUT2D eigenvalue weighted by atomic mass is 19.1. The maximum Gasteiger partial charge on any atom is 0.410 e. The molecule has 1 aromatic carbocycles. The van der Waals surface area contributed by atoms with Gasteiger partial charge in [0.1, 0.15) is 6.61 Å². The fourth-order valence-corrected chi connectivity index (χ4v) is 3.98. The number of rotatable bonds is 4. The number of aromatic nitrogens is 1. The number of hydrogen-bond donors (Lipinski definition) is 0. The van der Waals surface area contributed by atoms with Crippen molar-refractivity contribution in [3.63, 3.8) is 0 Å². The molecule has 3 heterocycles. The molecule has 2 aliphatic rings. The van der Waals surface area contributed by atoms with Gasteiger partial charge in [0.2, 0.25) is 5.95 Å². The van der Waals surface area contributed by atoms with Gasteiger partial charge in [0.05, 0.1) is 25.3 Å². The summed E-state index contributed by atoms with van der Waals surface area (Å²) >= 11 is 0. The summed E-state index contributed by atoms with van der Waals surface area (Å²) < 4.78 is 24.1. The van der Waals surface area contributed by atoms with Crippen LogP contribution in [0, 0.1) is 11.9 Å². The van der Waals surface area contributed by atoms with Gasteiger partial charge >= 0.3 is 6.09 Å². The Morgan fingerprint density at radius 1 is 1.11 bits per heavy atom. The second-order valence-corrected chi connectivity index (χ2v) is 7.19. The number of nitrogens with zero attached hydrogens (tertiary/aromatic N) is 2. The zero-order valence-electron chi connectivity index (χ0n) is 15.3. The predicted molar refractivity (Wildman–Crippen MR) is 98.1 cm³/mol. The minimum absolute atomic E-state index is 0.0679. The highest BCUT2D eigenvalue weighted by Gasteiger charge is 2.44. The van der Waals surface area contributed by atoms with Crippen LogP contribution in [-0.2, 0) is 16.1 Å². The molecule has 2 saturated heterocycles. The van der Waals surface area contributed by atoms with Crippen LogP contribution >= 0.6 is 0 Å². The van der Waals surface area contributed by atoms with Crippen LogP contribution in [-0.4, -0.2) is 47.1 Å². The topological polar surface area (TPSA) is 68.7 Å². The normalized spacial score (nSPS) is 23.9. The quantitative estimate of drug-likeness (QED) is 0.598. The number of halogens is 1. The van der Waals surface area contributed by atoms with E-state index in [1.807, 2.05) is 30.3 Å². The van der Waals surface area contributed by atoms with Gasteiger partial charge in [0.15, 0.2) is 5.78 Å². The largest absolute Gasteiger partial charge is 0.445 e. The minimum Gasteiger partial charge on any atom is -0.445 e. The van der Waals surface area contributed by atoms with Crippen LogP contribution in [0.2, 0.25) is 0 Å². The van der Waals surface area contributed by atoms with E-state index in [1.165, 1.54) is 18.3 Å². The molecule has 2 aliphatic heterocycles. The number of amides is 1. The number of fused-ring (bicyclic) bond motifs is 2. The van der Waals surface area contributed by atoms with Crippen molar-refractivity contribution in [2.24, 2.45) is 5.92 Å². The van der Waals surface area contributed by atoms with Crippen LogP contribution in [0.1, 0.15) is 28.8 Å². The van der Waals surface area contributed by atoms with Gasteiger partial charge in [-0.15, -0.1) is 0 Å². The summed E-state index contributed by atoms with van der Waals surface area (Å²) in [6, 6.07) is 11.7. The third-order valence-corrected chi connectivity index (χ3v) is 5.32. The molecule has 0 radical (unpaired) electrons. The molecule has 146 valence electrons. The minimum atomic E-state index is -0.613. The average Bonchev–Trinajstić information content (AvgIpc) is 2.72. The SMILES string of the molecule is O=C(c1ccc(F)nc1)C1CC2COCC(C1)N2C(=O)OCc1ccccc1. The van der Waals surface area contributed by atoms with E-state index in [9.17, 15) is 14.0 Å². The van der Waals surface area contributed by atoms with Gasteiger partial charge in [-0.1, -0.05) is 30.3 Å². The number of morpholine rings is 1. The molecule has 4 rings (SSSR count). The molecule has 2 atom stereocenters. The molecule has 0 spiro atoms. The van der Waals surface area contributed by atoms with E-state index in [0.717, 1.165) is 5.56 Å². The lowest BCUT2D eigenvalue weighted by atomic mass is 9.81. The first-order valence-electron chi connectivity index (χ1n) is 9.34. The number of hydrogen-bond acceptors (Lipinski definition) is 5. The summed E-state index contributed by atoms with van der Waals surface area (Å²) in [4.78, 5) is 30.8. The first-order chi connectivity index (χ1) is 13.6. The second kappa shape index (κ2) is 8.06. The highest BCUT2D eigenvalue weighted by Crippen LogP contribution is 2.34. The molecule has 2 unspecified atom stereocenters. The fraction of sp³-hybridized carbons (Fsp3) is 0.381. The third kappa shape index (κ3) is 3.89. The maximum absolute atomic E-state index is 13.0. The van der Waals surface area contributed by atoms with Gasteiger partial charge in [-0.05, 0) is 30.5 Å². The van der Waals surface area contributed by atoms with Crippen LogP contribution in [0.3, 0.4) is 0 Å². The number of Topliss-reactive ketones (excluding diaryl/α,β-unsaturated/α-hetero) is 1. The molecule has 2 bridgehead atoms. The first-order valence-corrected chi connectivity index (χ1v) is 9.34. The maximum atomic E-state index is 13.0. The van der Waals surface area contributed by atoms with E-state index in [2.05, 4.69) is 4.98 Å². The van der Waals surface area contributed by atoms with Gasteiger partial charge in [-0.3, -0.25) is 9.69 Å². The number of carbonyl (C=O) groups is 2. The molecule has 7 heteroatoms. The Morgan fingerprint density at radius 3 is 2.46 bits per heavy atom. The van der Waals surface area contributed by atoms with Crippen molar-refractivity contribution in [3.05, 3.63) is 65.7 Å². The van der Waals surface area contributed by atoms with E-state index < -0.39 is 5.95 Å². The zero-order chi connectivity index (χ0) is 19.5. The lowest BCUT2D eigenvalue weighted by Crippen LogP contribution is -2.59. The average molecular weight is 384 g/mol. The third-order valence-electron chi connectivity index (χ3n) is 5.32. The molecule has 1 aromatic heterocycles. The number of ether oxygens (including phenoxy) is 2. The van der Waals surface area contributed by atoms with E-state index >= 15 is 0 Å². The van der Waals surface area contributed by atoms with Gasteiger partial charge in [-0.25, -0.2) is 9.78 Å². The Hall–Kier alpha value is -2.80. The smallest absolute Gasteiger partial charge is 0.410 e. The lowest BCUT2D eigenvalue weighted by Gasteiger charge is -2.47. The monoisotopic (exact) mass is 384 g/mol. The Balaban J connectivity index is 1.42. The molecular weight excluding hydrogens is 363 g/mol. The van der Waals surface area contributed by atoms with Crippen LogP contribution in [0.5, 0.6) is 0 Å². The van der Waals surface area contributed by atoms with Crippen molar-refractivity contribution in [2.75, 3.05) is 13.2 Å². The van der Waals surface area contributed by atoms with Crippen molar-refractivity contribution < 1.29 is 23.5 Å². The van der Waals surface area contributed by atoms with Crippen LogP contribution in [0.4, 0.5) is 9.18 Å². The first kappa shape index (κ1) is 18.6. The van der Waals surface area contributed by atoms with E-state index in [-0.39, 0.29) is 36.5 Å². The Labute approximate surface area is 162 Å². The standard InChI is InChI=1S/C21H21FN2O4/c22-19-7-6-15(10-23-19)20(25)16-8-17-12-27-13-18(9-16)24(17)21(26)28-11-14-4-2-1-3-5-14/h1-7,10,16-18H,8-9,11-13H2. The number of ketones is 1. The second-order valence-electron chi connectivity index (χ2n) is 7.19. The van der Waals surface area contributed by atoms with Crippen molar-refractivity contribution in [2.45, 2.75) is 31.5 Å². The van der Waals surface area contributed by atoms with Crippen LogP contribution < -0.4 is 0 Å². The van der Waals surface area contributed by atoms with Crippen molar-refractivity contribution in [1.82, 2.24) is 9.88 Å². The Kier molecular flexibility index (Phi) is 5.34. The molecule has 0 aliphatic carbocycles. The molecule has 2 aromatic rings. The molecule has 2 fully saturated rings. The fourth-order valence-electron chi connectivity index (χ4n) is 3.98. The summed E-state index contributed by atoms with van der Waals surface area (Å²) in [7, 11) is 0. The summed E-state index contributed by atoms with van der Waals surface area (Å²) in [5.41, 5.74) is 1.32. The van der Waals surface area contributed by atoms with Crippen molar-refractivity contribution in [1.29, 1.82) is 0 Å². The highest BCUT2D eigenvalue weighted by molar-refractivity contribution is 5.97. The van der Waals surface area contributed by atoms with Gasteiger partial charge in [0, 0.05) is 17.7 Å². The van der Waals surface area contributed by atoms with E-state index in [4.69, 9.17) is 9.47 Å². The number of benzene rings is 1. The van der Waals surface area contributed by atoms with Crippen LogP contribution in [0.15, 0.2) is 48.7 Å². The predicted octanol–water partition coefficient (Wildman–Crippen LogP) is 3.22. The number of piperidine rings is 1. The van der Waals surface area contributed by atoms with Gasteiger partial charge < -0.3 is 9.47 Å². The van der Waals surface area contributed by atoms with Gasteiger partial charge in [0.25, 0.3) is 0 Å². The van der Waals surface area contributed by atoms with E-state index in [0.29, 0.717) is 31.6 Å². The molecular formula is C21H21FN2O4. The van der Waals surface area contributed by atoms with Crippen molar-refractivity contribution >= 4 is 11.9 Å². The summed E-state index contributed by atoms with van der Waals surface area (Å²) in [6.07, 6.45) is 1.88. The Bertz CT molecular complexity index is 829. The lowest BCUT2D eigenvalue weighted by molar-refractivity contribution is -0.0755. The van der Waals surface area contributed by atoms with Crippen LogP contribution in [0.25, 0.3) is 0 Å². The number of carbonyl (C=O) groups excluding carboxylic acids is 2.